The van der Waals surface area contributed by atoms with Gasteiger partial charge in [0.2, 0.25) is 11.6 Å². The van der Waals surface area contributed by atoms with Crippen LogP contribution in [0.2, 0.25) is 0 Å². The van der Waals surface area contributed by atoms with E-state index in [-0.39, 0.29) is 17.3 Å². The molecule has 0 spiro atoms. The summed E-state index contributed by atoms with van der Waals surface area (Å²) in [6, 6.07) is 3.81. The molecule has 3 N–H and O–H groups in total. The highest BCUT2D eigenvalue weighted by Crippen LogP contribution is 2.21. The van der Waals surface area contributed by atoms with Crippen LogP contribution in [0.1, 0.15) is 40.8 Å². The molecule has 1 fully saturated rings. The van der Waals surface area contributed by atoms with Gasteiger partial charge in [-0.15, -0.1) is 16.4 Å². The van der Waals surface area contributed by atoms with E-state index in [1.54, 1.807) is 6.21 Å². The maximum Gasteiger partial charge on any atom is 0.293 e. The molecule has 4 rings (SSSR count). The maximum absolute atomic E-state index is 12.7. The van der Waals surface area contributed by atoms with Crippen molar-refractivity contribution in [2.45, 2.75) is 26.3 Å². The number of carbonyl (C=O) groups excluding carboxylic acids is 1. The van der Waals surface area contributed by atoms with Gasteiger partial charge in [-0.05, 0) is 53.6 Å². The second kappa shape index (κ2) is 8.49. The van der Waals surface area contributed by atoms with Crippen LogP contribution in [0.5, 0.6) is 0 Å². The molecule has 0 aromatic carbocycles. The maximum atomic E-state index is 12.7. The van der Waals surface area contributed by atoms with Crippen LogP contribution in [0, 0.1) is 5.92 Å². The van der Waals surface area contributed by atoms with Crippen LogP contribution in [0.25, 0.3) is 5.82 Å². The number of anilines is 1. The Morgan fingerprint density at radius 2 is 2.28 bits per heavy atom. The van der Waals surface area contributed by atoms with Crippen molar-refractivity contribution in [3.05, 3.63) is 33.8 Å². The van der Waals surface area contributed by atoms with Crippen molar-refractivity contribution in [1.29, 1.82) is 0 Å². The van der Waals surface area contributed by atoms with Crippen LogP contribution in [-0.4, -0.2) is 55.4 Å². The van der Waals surface area contributed by atoms with E-state index in [1.807, 2.05) is 17.5 Å². The topological polar surface area (TPSA) is 140 Å². The van der Waals surface area contributed by atoms with Gasteiger partial charge in [0.25, 0.3) is 5.91 Å². The highest BCUT2D eigenvalue weighted by molar-refractivity contribution is 7.11. The highest BCUT2D eigenvalue weighted by Gasteiger charge is 2.26. The molecule has 0 aliphatic carbocycles. The van der Waals surface area contributed by atoms with Gasteiger partial charge in [0.15, 0.2) is 5.69 Å². The first-order valence-electron chi connectivity index (χ1n) is 9.24. The third kappa shape index (κ3) is 4.32. The second-order valence-corrected chi connectivity index (χ2v) is 7.92. The number of hydrogen-bond acceptors (Lipinski definition) is 10. The highest BCUT2D eigenvalue weighted by atomic mass is 32.1. The lowest BCUT2D eigenvalue weighted by molar-refractivity contribution is 0.0947. The van der Waals surface area contributed by atoms with Gasteiger partial charge in [-0.25, -0.2) is 10.1 Å². The Kier molecular flexibility index (Phi) is 5.62. The lowest BCUT2D eigenvalue weighted by atomic mass is 9.99. The largest absolute Gasteiger partial charge is 0.378 e. The lowest BCUT2D eigenvalue weighted by Crippen LogP contribution is -2.34. The van der Waals surface area contributed by atoms with Crippen LogP contribution in [-0.2, 0) is 6.54 Å². The fraction of sp³-hybridized carbons (Fsp3) is 0.412. The Bertz CT molecular complexity index is 987. The number of hydrazone groups is 1. The van der Waals surface area contributed by atoms with Crippen LogP contribution < -0.4 is 11.2 Å². The van der Waals surface area contributed by atoms with Crippen LogP contribution >= 0.6 is 11.3 Å². The third-order valence-corrected chi connectivity index (χ3v) is 5.63. The quantitative estimate of drug-likeness (QED) is 0.453. The summed E-state index contributed by atoms with van der Waals surface area (Å²) in [6.45, 7) is 4.58. The molecule has 0 unspecified atom stereocenters. The zero-order valence-electron chi connectivity index (χ0n) is 15.9. The fourth-order valence-corrected chi connectivity index (χ4v) is 3.72. The van der Waals surface area contributed by atoms with Crippen molar-refractivity contribution < 1.29 is 9.42 Å². The molecular formula is C17H21N9O2S. The van der Waals surface area contributed by atoms with Gasteiger partial charge in [0.1, 0.15) is 0 Å². The molecule has 0 atom stereocenters. The molecule has 3 aromatic rings. The van der Waals surface area contributed by atoms with Gasteiger partial charge in [0.05, 0.1) is 11.9 Å². The molecule has 29 heavy (non-hydrogen) atoms. The van der Waals surface area contributed by atoms with Gasteiger partial charge < -0.3 is 5.73 Å². The molecule has 1 aliphatic rings. The Morgan fingerprint density at radius 1 is 1.45 bits per heavy atom. The third-order valence-electron chi connectivity index (χ3n) is 4.83. The first-order valence-corrected chi connectivity index (χ1v) is 10.1. The standard InChI is InChI=1S/C17H21N9O2S/c1-11-4-6-25(7-5-11)10-13-14(17(27)21-19-9-12-3-2-8-29-12)20-24-26(13)16-15(18)22-28-23-16/h2-3,8-9,11H,4-7,10H2,1H3,(H2,18,22)(H,21,27)/b19-9-. The second-order valence-electron chi connectivity index (χ2n) is 6.94. The van der Waals surface area contributed by atoms with E-state index in [0.29, 0.717) is 18.2 Å². The van der Waals surface area contributed by atoms with Crippen molar-refractivity contribution in [2.24, 2.45) is 11.0 Å². The van der Waals surface area contributed by atoms with E-state index >= 15 is 0 Å². The summed E-state index contributed by atoms with van der Waals surface area (Å²) in [5.74, 6) is 0.517. The molecule has 1 saturated heterocycles. The zero-order valence-corrected chi connectivity index (χ0v) is 16.7. The van der Waals surface area contributed by atoms with Gasteiger partial charge >= 0.3 is 0 Å². The van der Waals surface area contributed by atoms with Crippen molar-refractivity contribution in [3.63, 3.8) is 0 Å². The summed E-state index contributed by atoms with van der Waals surface area (Å²) in [5.41, 5.74) is 9.05. The van der Waals surface area contributed by atoms with Crippen LogP contribution in [0.15, 0.2) is 27.2 Å². The molecule has 152 valence electrons. The van der Waals surface area contributed by atoms with E-state index in [1.165, 1.54) is 16.0 Å². The van der Waals surface area contributed by atoms with E-state index in [2.05, 4.69) is 47.6 Å². The summed E-state index contributed by atoms with van der Waals surface area (Å²) in [4.78, 5) is 15.9. The number of likely N-dealkylation sites (tertiary alicyclic amines) is 1. The molecule has 0 saturated carbocycles. The van der Waals surface area contributed by atoms with Crippen molar-refractivity contribution in [2.75, 3.05) is 18.8 Å². The molecule has 0 bridgehead atoms. The number of nitrogen functional groups attached to an aromatic ring is 1. The van der Waals surface area contributed by atoms with Crippen LogP contribution in [0.3, 0.4) is 0 Å². The first-order chi connectivity index (χ1) is 14.1. The van der Waals surface area contributed by atoms with E-state index in [4.69, 9.17) is 5.73 Å². The normalized spacial score (nSPS) is 15.9. The Hall–Kier alpha value is -3.12. The molecule has 4 heterocycles. The molecule has 11 nitrogen and oxygen atoms in total. The number of piperidine rings is 1. The average Bonchev–Trinajstić information content (AvgIpc) is 3.45. The molecule has 1 amide bonds. The summed E-state index contributed by atoms with van der Waals surface area (Å²) < 4.78 is 6.09. The summed E-state index contributed by atoms with van der Waals surface area (Å²) in [7, 11) is 0. The Labute approximate surface area is 170 Å². The predicted octanol–water partition coefficient (Wildman–Crippen LogP) is 1.29. The zero-order chi connectivity index (χ0) is 20.2. The summed E-state index contributed by atoms with van der Waals surface area (Å²) in [5, 5.41) is 21.4. The molecule has 0 radical (unpaired) electrons. The molecular weight excluding hydrogens is 394 g/mol. The number of nitrogens with two attached hydrogens (primary N) is 1. The molecule has 12 heteroatoms. The fourth-order valence-electron chi connectivity index (χ4n) is 3.13. The number of amides is 1. The minimum atomic E-state index is -0.459. The predicted molar refractivity (Wildman–Crippen MR) is 107 cm³/mol. The monoisotopic (exact) mass is 415 g/mol. The van der Waals surface area contributed by atoms with Crippen molar-refractivity contribution >= 4 is 29.3 Å². The average molecular weight is 415 g/mol. The Morgan fingerprint density at radius 3 is 2.97 bits per heavy atom. The van der Waals surface area contributed by atoms with Gasteiger partial charge in [0, 0.05) is 11.4 Å². The Balaban J connectivity index is 1.58. The summed E-state index contributed by atoms with van der Waals surface area (Å²) >= 11 is 1.52. The number of nitrogens with zero attached hydrogens (tertiary/aromatic N) is 7. The van der Waals surface area contributed by atoms with E-state index in [0.717, 1.165) is 30.8 Å². The number of aromatic nitrogens is 5. The number of carbonyl (C=O) groups is 1. The van der Waals surface area contributed by atoms with Crippen molar-refractivity contribution in [1.82, 2.24) is 35.6 Å². The number of nitrogens with one attached hydrogen (secondary N) is 1. The minimum absolute atomic E-state index is 0.0751. The number of rotatable bonds is 6. The lowest BCUT2D eigenvalue weighted by Gasteiger charge is -2.30. The SMILES string of the molecule is CC1CCN(Cc2c(C(=O)N/N=C\c3cccs3)nnn2-c2nonc2N)CC1. The van der Waals surface area contributed by atoms with Gasteiger partial charge in [-0.3, -0.25) is 9.69 Å². The minimum Gasteiger partial charge on any atom is -0.378 e. The van der Waals surface area contributed by atoms with Gasteiger partial charge in [-0.1, -0.05) is 18.2 Å². The number of hydrogen-bond donors (Lipinski definition) is 2. The molecule has 1 aliphatic heterocycles. The first kappa shape index (κ1) is 19.2. The van der Waals surface area contributed by atoms with E-state index in [9.17, 15) is 4.79 Å². The van der Waals surface area contributed by atoms with E-state index < -0.39 is 5.91 Å². The van der Waals surface area contributed by atoms with Crippen molar-refractivity contribution in [3.8, 4) is 5.82 Å². The van der Waals surface area contributed by atoms with Gasteiger partial charge in [-0.2, -0.15) is 9.78 Å². The number of thiophene rings is 1. The smallest absolute Gasteiger partial charge is 0.293 e. The summed E-state index contributed by atoms with van der Waals surface area (Å²) in [6.07, 6.45) is 3.78. The molecule has 3 aromatic heterocycles. The van der Waals surface area contributed by atoms with Crippen LogP contribution in [0.4, 0.5) is 5.82 Å².